The lowest BCUT2D eigenvalue weighted by molar-refractivity contribution is -0.137. The van der Waals surface area contributed by atoms with E-state index < -0.39 is 11.7 Å². The molecule has 6 heteroatoms. The smallest absolute Gasteiger partial charge is 0.380 e. The second kappa shape index (κ2) is 7.92. The van der Waals surface area contributed by atoms with E-state index >= 15 is 0 Å². The summed E-state index contributed by atoms with van der Waals surface area (Å²) in [5, 5.41) is 0.615. The number of nitrogens with zero attached hydrogens (tertiary/aromatic N) is 1. The molecule has 142 valence electrons. The minimum absolute atomic E-state index is 0.0296. The summed E-state index contributed by atoms with van der Waals surface area (Å²) < 4.78 is 44.7. The molecule has 0 radical (unpaired) electrons. The molecule has 1 saturated carbocycles. The minimum atomic E-state index is -4.34. The van der Waals surface area contributed by atoms with Crippen LogP contribution >= 0.6 is 0 Å². The van der Waals surface area contributed by atoms with Crippen LogP contribution in [0, 0.1) is 5.92 Å². The number of fused-ring (bicyclic) bond motifs is 1. The molecule has 2 N–H and O–H groups in total. The quantitative estimate of drug-likeness (QED) is 0.819. The highest BCUT2D eigenvalue weighted by atomic mass is 19.4. The fraction of sp³-hybridized carbons (Fsp3) is 0.550. The average molecular weight is 366 g/mol. The third-order valence-electron chi connectivity index (χ3n) is 5.43. The molecule has 3 nitrogen and oxygen atoms in total. The maximum absolute atomic E-state index is 13.1. The molecule has 3 rings (SSSR count). The largest absolute Gasteiger partial charge is 0.416 e. The predicted octanol–water partition coefficient (Wildman–Crippen LogP) is 4.89. The van der Waals surface area contributed by atoms with Crippen molar-refractivity contribution < 1.29 is 17.9 Å². The van der Waals surface area contributed by atoms with Crippen LogP contribution in [0.3, 0.4) is 0 Å². The number of nitrogens with two attached hydrogens (primary N) is 1. The van der Waals surface area contributed by atoms with Crippen molar-refractivity contribution in [2.75, 3.05) is 13.2 Å². The second-order valence-corrected chi connectivity index (χ2v) is 7.06. The van der Waals surface area contributed by atoms with Gasteiger partial charge in [-0.1, -0.05) is 0 Å². The molecule has 0 amide bonds. The van der Waals surface area contributed by atoms with Crippen molar-refractivity contribution >= 4 is 10.9 Å². The molecule has 1 aromatic carbocycles. The van der Waals surface area contributed by atoms with E-state index in [0.717, 1.165) is 37.3 Å². The molecule has 0 saturated heterocycles. The van der Waals surface area contributed by atoms with Gasteiger partial charge in [-0.2, -0.15) is 13.2 Å². The van der Waals surface area contributed by atoms with Gasteiger partial charge < -0.3 is 10.5 Å². The zero-order chi connectivity index (χ0) is 18.7. The van der Waals surface area contributed by atoms with Crippen LogP contribution < -0.4 is 5.73 Å². The lowest BCUT2D eigenvalue weighted by atomic mass is 9.75. The molecule has 0 spiro atoms. The first kappa shape index (κ1) is 19.1. The molecule has 1 aliphatic carbocycles. The van der Waals surface area contributed by atoms with Gasteiger partial charge in [0.1, 0.15) is 0 Å². The number of hydrogen-bond donors (Lipinski definition) is 1. The van der Waals surface area contributed by atoms with E-state index in [-0.39, 0.29) is 12.0 Å². The molecule has 1 unspecified atom stereocenters. The van der Waals surface area contributed by atoms with Gasteiger partial charge in [-0.15, -0.1) is 0 Å². The number of alkyl halides is 3. The number of ether oxygens (including phenoxy) is 1. The van der Waals surface area contributed by atoms with Crippen LogP contribution in [0.25, 0.3) is 10.9 Å². The van der Waals surface area contributed by atoms with Crippen LogP contribution in [0.15, 0.2) is 30.5 Å². The standard InChI is InChI=1S/C20H25F3N2O/c1-2-26-12-18(24)14-5-3-13(4-6-14)16-9-10-25-19-8-7-15(11-17(16)19)20(21,22)23/h7-11,13-14,18H,2-6,12,24H2,1H3. The Morgan fingerprint density at radius 3 is 2.58 bits per heavy atom. The summed E-state index contributed by atoms with van der Waals surface area (Å²) in [5.41, 5.74) is 7.18. The highest BCUT2D eigenvalue weighted by Crippen LogP contribution is 2.40. The Balaban J connectivity index is 1.79. The summed E-state index contributed by atoms with van der Waals surface area (Å²) in [6.07, 6.45) is 1.16. The highest BCUT2D eigenvalue weighted by molar-refractivity contribution is 5.83. The summed E-state index contributed by atoms with van der Waals surface area (Å²) in [6, 6.07) is 5.70. The van der Waals surface area contributed by atoms with E-state index in [2.05, 4.69) is 4.98 Å². The van der Waals surface area contributed by atoms with Gasteiger partial charge in [-0.3, -0.25) is 4.98 Å². The van der Waals surface area contributed by atoms with Crippen molar-refractivity contribution in [2.45, 2.75) is 50.7 Å². The average Bonchev–Trinajstić information content (AvgIpc) is 2.64. The monoisotopic (exact) mass is 366 g/mol. The van der Waals surface area contributed by atoms with Gasteiger partial charge in [0, 0.05) is 24.2 Å². The van der Waals surface area contributed by atoms with E-state index in [1.165, 1.54) is 12.1 Å². The summed E-state index contributed by atoms with van der Waals surface area (Å²) in [7, 11) is 0. The Morgan fingerprint density at radius 2 is 1.92 bits per heavy atom. The van der Waals surface area contributed by atoms with Gasteiger partial charge in [0.15, 0.2) is 0 Å². The van der Waals surface area contributed by atoms with Crippen molar-refractivity contribution in [1.29, 1.82) is 0 Å². The van der Waals surface area contributed by atoms with Crippen molar-refractivity contribution in [3.05, 3.63) is 41.6 Å². The molecule has 1 aromatic heterocycles. The first-order valence-electron chi connectivity index (χ1n) is 9.19. The maximum atomic E-state index is 13.1. The normalized spacial score (nSPS) is 22.5. The fourth-order valence-electron chi connectivity index (χ4n) is 3.95. The van der Waals surface area contributed by atoms with Crippen molar-refractivity contribution in [3.63, 3.8) is 0 Å². The predicted molar refractivity (Wildman–Crippen MR) is 95.9 cm³/mol. The van der Waals surface area contributed by atoms with Crippen molar-refractivity contribution in [2.24, 2.45) is 11.7 Å². The van der Waals surface area contributed by atoms with Gasteiger partial charge in [-0.05, 0) is 74.3 Å². The fourth-order valence-corrected chi connectivity index (χ4v) is 3.95. The van der Waals surface area contributed by atoms with E-state index in [1.807, 2.05) is 13.0 Å². The van der Waals surface area contributed by atoms with Crippen LogP contribution in [0.2, 0.25) is 0 Å². The number of aromatic nitrogens is 1. The third-order valence-corrected chi connectivity index (χ3v) is 5.43. The minimum Gasteiger partial charge on any atom is -0.380 e. The van der Waals surface area contributed by atoms with E-state index in [0.29, 0.717) is 30.0 Å². The van der Waals surface area contributed by atoms with Crippen LogP contribution in [0.1, 0.15) is 49.7 Å². The van der Waals surface area contributed by atoms with Gasteiger partial charge >= 0.3 is 6.18 Å². The zero-order valence-corrected chi connectivity index (χ0v) is 14.9. The molecule has 2 aromatic rings. The highest BCUT2D eigenvalue weighted by Gasteiger charge is 2.32. The molecule has 1 heterocycles. The lowest BCUT2D eigenvalue weighted by Gasteiger charge is -2.32. The molecular formula is C20H25F3N2O. The molecule has 1 fully saturated rings. The topological polar surface area (TPSA) is 48.1 Å². The SMILES string of the molecule is CCOCC(N)C1CCC(c2ccnc3ccc(C(F)(F)F)cc23)CC1. The number of pyridine rings is 1. The van der Waals surface area contributed by atoms with Gasteiger partial charge in [0.05, 0.1) is 17.7 Å². The van der Waals surface area contributed by atoms with Crippen LogP contribution in [-0.4, -0.2) is 24.2 Å². The first-order chi connectivity index (χ1) is 12.4. The number of halogens is 3. The second-order valence-electron chi connectivity index (χ2n) is 7.06. The van der Waals surface area contributed by atoms with Gasteiger partial charge in [0.2, 0.25) is 0 Å². The van der Waals surface area contributed by atoms with Crippen molar-refractivity contribution in [1.82, 2.24) is 4.98 Å². The van der Waals surface area contributed by atoms with E-state index in [9.17, 15) is 13.2 Å². The third kappa shape index (κ3) is 4.18. The summed E-state index contributed by atoms with van der Waals surface area (Å²) >= 11 is 0. The summed E-state index contributed by atoms with van der Waals surface area (Å²) in [5.74, 6) is 0.663. The summed E-state index contributed by atoms with van der Waals surface area (Å²) in [4.78, 5) is 4.23. The van der Waals surface area contributed by atoms with Crippen LogP contribution in [0.4, 0.5) is 13.2 Å². The number of hydrogen-bond acceptors (Lipinski definition) is 3. The molecule has 1 atom stereocenters. The number of benzene rings is 1. The van der Waals surface area contributed by atoms with Crippen LogP contribution in [0.5, 0.6) is 0 Å². The number of rotatable bonds is 5. The van der Waals surface area contributed by atoms with E-state index in [4.69, 9.17) is 10.5 Å². The molecule has 0 bridgehead atoms. The Hall–Kier alpha value is -1.66. The van der Waals surface area contributed by atoms with Crippen LogP contribution in [-0.2, 0) is 10.9 Å². The van der Waals surface area contributed by atoms with Gasteiger partial charge in [-0.25, -0.2) is 0 Å². The van der Waals surface area contributed by atoms with E-state index in [1.54, 1.807) is 6.20 Å². The van der Waals surface area contributed by atoms with Crippen molar-refractivity contribution in [3.8, 4) is 0 Å². The first-order valence-corrected chi connectivity index (χ1v) is 9.19. The Bertz CT molecular complexity index is 739. The molecule has 1 aliphatic rings. The molecule has 0 aliphatic heterocycles. The summed E-state index contributed by atoms with van der Waals surface area (Å²) in [6.45, 7) is 3.18. The zero-order valence-electron chi connectivity index (χ0n) is 14.9. The lowest BCUT2D eigenvalue weighted by Crippen LogP contribution is -2.36. The molecular weight excluding hydrogens is 341 g/mol. The maximum Gasteiger partial charge on any atom is 0.416 e. The Labute approximate surface area is 151 Å². The Kier molecular flexibility index (Phi) is 5.82. The molecule has 26 heavy (non-hydrogen) atoms. The van der Waals surface area contributed by atoms with Gasteiger partial charge in [0.25, 0.3) is 0 Å². The Morgan fingerprint density at radius 1 is 1.19 bits per heavy atom.